The van der Waals surface area contributed by atoms with Crippen molar-refractivity contribution in [2.24, 2.45) is 0 Å². The lowest BCUT2D eigenvalue weighted by Crippen LogP contribution is -2.36. The van der Waals surface area contributed by atoms with E-state index in [9.17, 15) is 19.7 Å². The molecule has 4 aromatic rings. The van der Waals surface area contributed by atoms with Crippen molar-refractivity contribution in [3.05, 3.63) is 81.9 Å². The van der Waals surface area contributed by atoms with E-state index in [1.54, 1.807) is 24.3 Å². The summed E-state index contributed by atoms with van der Waals surface area (Å²) in [5.74, 6) is -0.287. The highest BCUT2D eigenvalue weighted by atomic mass is 32.2. The second-order valence-corrected chi connectivity index (χ2v) is 8.03. The van der Waals surface area contributed by atoms with E-state index in [1.807, 2.05) is 25.1 Å². The van der Waals surface area contributed by atoms with Gasteiger partial charge in [0.1, 0.15) is 5.52 Å². The quantitative estimate of drug-likeness (QED) is 0.228. The lowest BCUT2D eigenvalue weighted by atomic mass is 10.2. The Bertz CT molecular complexity index is 1400. The lowest BCUT2D eigenvalue weighted by Gasteiger charge is -2.07. The van der Waals surface area contributed by atoms with Crippen LogP contribution in [0.25, 0.3) is 22.6 Å². The average molecular weight is 478 g/mol. The van der Waals surface area contributed by atoms with Crippen molar-refractivity contribution < 1.29 is 23.7 Å². The molecule has 4 rings (SSSR count). The summed E-state index contributed by atoms with van der Waals surface area (Å²) in [7, 11) is 1.29. The molecule has 1 aromatic heterocycles. The van der Waals surface area contributed by atoms with Crippen LogP contribution in [0.1, 0.15) is 15.9 Å². The van der Waals surface area contributed by atoms with E-state index in [0.29, 0.717) is 16.4 Å². The van der Waals surface area contributed by atoms with Gasteiger partial charge in [0.05, 0.1) is 12.0 Å². The van der Waals surface area contributed by atoms with Crippen LogP contribution in [0.2, 0.25) is 0 Å². The molecule has 0 bridgehead atoms. The predicted octanol–water partition coefficient (Wildman–Crippen LogP) is 4.87. The SMILES string of the molecule is COc1ccc(C(=O)NC(=O)NSc2ccc(-c3nc4cc(C)ccc4o3)cc2)cc1[N+](=O)[O-]. The molecule has 0 fully saturated rings. The molecule has 0 radical (unpaired) electrons. The first-order valence-corrected chi connectivity index (χ1v) is 10.7. The Hall–Kier alpha value is -4.38. The van der Waals surface area contributed by atoms with Crippen molar-refractivity contribution in [1.82, 2.24) is 15.0 Å². The van der Waals surface area contributed by atoms with E-state index in [2.05, 4.69) is 15.0 Å². The Kier molecular flexibility index (Phi) is 6.46. The third kappa shape index (κ3) is 4.99. The number of nitrogens with zero attached hydrogens (tertiary/aromatic N) is 2. The topological polar surface area (TPSA) is 137 Å². The summed E-state index contributed by atoms with van der Waals surface area (Å²) in [5.41, 5.74) is 2.92. The summed E-state index contributed by atoms with van der Waals surface area (Å²) in [4.78, 5) is 40.0. The van der Waals surface area contributed by atoms with Gasteiger partial charge in [-0.05, 0) is 73.0 Å². The molecular weight excluding hydrogens is 460 g/mol. The van der Waals surface area contributed by atoms with Crippen molar-refractivity contribution in [3.63, 3.8) is 0 Å². The summed E-state index contributed by atoms with van der Waals surface area (Å²) in [6, 6.07) is 15.8. The maximum atomic E-state index is 12.3. The molecular formula is C23H18N4O6S. The number of nitrogens with one attached hydrogen (secondary N) is 2. The largest absolute Gasteiger partial charge is 0.490 e. The van der Waals surface area contributed by atoms with Crippen LogP contribution in [0.15, 0.2) is 70.0 Å². The first-order valence-electron chi connectivity index (χ1n) is 9.92. The summed E-state index contributed by atoms with van der Waals surface area (Å²) in [5, 5.41) is 13.2. The Morgan fingerprint density at radius 3 is 2.56 bits per heavy atom. The molecule has 172 valence electrons. The standard InChI is InChI=1S/C23H18N4O6S/c1-13-3-9-19-17(11-13)24-22(33-19)14-4-7-16(8-5-14)34-26-23(29)25-21(28)15-6-10-20(32-2)18(12-15)27(30)31/h3-12H,1-2H3,(H2,25,26,28,29). The van der Waals surface area contributed by atoms with Crippen LogP contribution >= 0.6 is 11.9 Å². The van der Waals surface area contributed by atoms with Gasteiger partial charge in [-0.1, -0.05) is 6.07 Å². The molecule has 0 aliphatic rings. The molecule has 0 unspecified atom stereocenters. The first-order chi connectivity index (χ1) is 16.3. The number of hydrogen-bond acceptors (Lipinski definition) is 8. The highest BCUT2D eigenvalue weighted by Crippen LogP contribution is 2.28. The fourth-order valence-electron chi connectivity index (χ4n) is 3.11. The van der Waals surface area contributed by atoms with Crippen LogP contribution in [0.3, 0.4) is 0 Å². The summed E-state index contributed by atoms with van der Waals surface area (Å²) >= 11 is 0.997. The van der Waals surface area contributed by atoms with Gasteiger partial charge < -0.3 is 9.15 Å². The molecule has 1 heterocycles. The van der Waals surface area contributed by atoms with Crippen LogP contribution in [0.4, 0.5) is 10.5 Å². The average Bonchev–Trinajstić information content (AvgIpc) is 3.25. The first kappa shape index (κ1) is 22.8. The Labute approximate surface area is 197 Å². The zero-order valence-electron chi connectivity index (χ0n) is 18.0. The molecule has 0 saturated carbocycles. The molecule has 0 atom stereocenters. The Morgan fingerprint density at radius 1 is 1.09 bits per heavy atom. The Morgan fingerprint density at radius 2 is 1.85 bits per heavy atom. The number of nitro groups is 1. The van der Waals surface area contributed by atoms with Crippen LogP contribution in [0.5, 0.6) is 5.75 Å². The minimum absolute atomic E-state index is 0.0120. The minimum atomic E-state index is -0.787. The van der Waals surface area contributed by atoms with Crippen LogP contribution in [0, 0.1) is 17.0 Å². The molecule has 2 N–H and O–H groups in total. The number of amides is 3. The molecule has 10 nitrogen and oxygen atoms in total. The van der Waals surface area contributed by atoms with E-state index >= 15 is 0 Å². The van der Waals surface area contributed by atoms with E-state index in [1.165, 1.54) is 19.2 Å². The van der Waals surface area contributed by atoms with Crippen molar-refractivity contribution >= 4 is 40.7 Å². The molecule has 11 heteroatoms. The molecule has 0 aliphatic carbocycles. The van der Waals surface area contributed by atoms with Gasteiger partial charge in [0.25, 0.3) is 5.91 Å². The second-order valence-electron chi connectivity index (χ2n) is 7.15. The molecule has 3 amide bonds. The highest BCUT2D eigenvalue weighted by Gasteiger charge is 2.19. The number of fused-ring (bicyclic) bond motifs is 1. The molecule has 0 saturated heterocycles. The third-order valence-corrected chi connectivity index (χ3v) is 5.57. The van der Waals surface area contributed by atoms with Gasteiger partial charge in [0, 0.05) is 22.1 Å². The predicted molar refractivity (Wildman–Crippen MR) is 126 cm³/mol. The van der Waals surface area contributed by atoms with Gasteiger partial charge in [-0.3, -0.25) is 24.9 Å². The highest BCUT2D eigenvalue weighted by molar-refractivity contribution is 7.98. The summed E-state index contributed by atoms with van der Waals surface area (Å²) < 4.78 is 13.2. The number of oxazole rings is 1. The van der Waals surface area contributed by atoms with Crippen molar-refractivity contribution in [1.29, 1.82) is 0 Å². The Balaban J connectivity index is 1.36. The maximum absolute atomic E-state index is 12.3. The molecule has 0 aliphatic heterocycles. The number of ether oxygens (including phenoxy) is 1. The molecule has 0 spiro atoms. The number of urea groups is 1. The van der Waals surface area contributed by atoms with E-state index in [0.717, 1.165) is 34.7 Å². The fraction of sp³-hybridized carbons (Fsp3) is 0.0870. The van der Waals surface area contributed by atoms with Crippen molar-refractivity contribution in [2.75, 3.05) is 7.11 Å². The lowest BCUT2D eigenvalue weighted by molar-refractivity contribution is -0.385. The smallest absolute Gasteiger partial charge is 0.331 e. The number of carbonyl (C=O) groups excluding carboxylic acids is 2. The van der Waals surface area contributed by atoms with E-state index in [-0.39, 0.29) is 17.0 Å². The zero-order valence-corrected chi connectivity index (χ0v) is 18.8. The molecule has 34 heavy (non-hydrogen) atoms. The number of methoxy groups -OCH3 is 1. The number of hydrogen-bond donors (Lipinski definition) is 2. The number of rotatable bonds is 6. The van der Waals surface area contributed by atoms with Gasteiger partial charge in [-0.15, -0.1) is 0 Å². The minimum Gasteiger partial charge on any atom is -0.490 e. The number of nitro benzene ring substituents is 1. The summed E-state index contributed by atoms with van der Waals surface area (Å²) in [6.45, 7) is 1.98. The van der Waals surface area contributed by atoms with Gasteiger partial charge >= 0.3 is 11.7 Å². The third-order valence-electron chi connectivity index (χ3n) is 4.77. The van der Waals surface area contributed by atoms with Gasteiger partial charge in [-0.2, -0.15) is 0 Å². The van der Waals surface area contributed by atoms with E-state index in [4.69, 9.17) is 9.15 Å². The fourth-order valence-corrected chi connectivity index (χ4v) is 3.64. The van der Waals surface area contributed by atoms with Crippen LogP contribution in [-0.2, 0) is 0 Å². The van der Waals surface area contributed by atoms with Crippen molar-refractivity contribution in [2.45, 2.75) is 11.8 Å². The van der Waals surface area contributed by atoms with E-state index < -0.39 is 16.9 Å². The summed E-state index contributed by atoms with van der Waals surface area (Å²) in [6.07, 6.45) is 0. The normalized spacial score (nSPS) is 10.6. The second kappa shape index (κ2) is 9.63. The maximum Gasteiger partial charge on any atom is 0.331 e. The van der Waals surface area contributed by atoms with Gasteiger partial charge in [0.2, 0.25) is 5.89 Å². The monoisotopic (exact) mass is 478 g/mol. The number of benzene rings is 3. The molecule has 3 aromatic carbocycles. The van der Waals surface area contributed by atoms with Gasteiger partial charge in [0.15, 0.2) is 11.3 Å². The zero-order chi connectivity index (χ0) is 24.2. The van der Waals surface area contributed by atoms with Gasteiger partial charge in [-0.25, -0.2) is 9.78 Å². The van der Waals surface area contributed by atoms with Crippen LogP contribution < -0.4 is 14.8 Å². The van der Waals surface area contributed by atoms with Crippen molar-refractivity contribution in [3.8, 4) is 17.2 Å². The number of aryl methyl sites for hydroxylation is 1. The number of carbonyl (C=O) groups is 2. The number of aromatic nitrogens is 1. The van der Waals surface area contributed by atoms with Crippen LogP contribution in [-0.4, -0.2) is 29.0 Å². The number of imide groups is 1.